The minimum Gasteiger partial charge on any atom is -0.505 e. The SMILES string of the molecule is CN1CCCC(CNC(=O)c2ncccc2O)C1. The van der Waals surface area contributed by atoms with Crippen LogP contribution >= 0.6 is 0 Å². The van der Waals surface area contributed by atoms with Gasteiger partial charge in [0.25, 0.3) is 5.91 Å². The second-order valence-electron chi connectivity index (χ2n) is 4.85. The number of hydrogen-bond donors (Lipinski definition) is 2. The van der Waals surface area contributed by atoms with E-state index < -0.39 is 0 Å². The number of piperidine rings is 1. The van der Waals surface area contributed by atoms with Gasteiger partial charge in [0, 0.05) is 19.3 Å². The van der Waals surface area contributed by atoms with Gasteiger partial charge in [0.2, 0.25) is 0 Å². The number of amides is 1. The molecule has 0 aliphatic carbocycles. The van der Waals surface area contributed by atoms with Crippen LogP contribution in [-0.2, 0) is 0 Å². The molecule has 0 spiro atoms. The Balaban J connectivity index is 1.87. The van der Waals surface area contributed by atoms with Gasteiger partial charge in [-0.05, 0) is 44.5 Å². The van der Waals surface area contributed by atoms with Gasteiger partial charge in [-0.15, -0.1) is 0 Å². The van der Waals surface area contributed by atoms with E-state index in [9.17, 15) is 9.90 Å². The molecular weight excluding hydrogens is 230 g/mol. The summed E-state index contributed by atoms with van der Waals surface area (Å²) in [4.78, 5) is 18.0. The molecule has 2 heterocycles. The summed E-state index contributed by atoms with van der Waals surface area (Å²) in [7, 11) is 2.10. The molecule has 1 unspecified atom stereocenters. The van der Waals surface area contributed by atoms with Crippen molar-refractivity contribution in [3.8, 4) is 5.75 Å². The minimum atomic E-state index is -0.304. The molecule has 1 saturated heterocycles. The first-order valence-electron chi connectivity index (χ1n) is 6.27. The van der Waals surface area contributed by atoms with Crippen molar-refractivity contribution in [2.75, 3.05) is 26.7 Å². The van der Waals surface area contributed by atoms with Crippen LogP contribution < -0.4 is 5.32 Å². The molecule has 0 aromatic carbocycles. The topological polar surface area (TPSA) is 65.5 Å². The molecule has 1 atom stereocenters. The van der Waals surface area contributed by atoms with Crippen molar-refractivity contribution >= 4 is 5.91 Å². The standard InChI is InChI=1S/C13H19N3O2/c1-16-7-3-4-10(9-16)8-15-13(18)12-11(17)5-2-6-14-12/h2,5-6,10,17H,3-4,7-9H2,1H3,(H,15,18). The molecule has 2 rings (SSSR count). The third-order valence-corrected chi connectivity index (χ3v) is 3.27. The van der Waals surface area contributed by atoms with Gasteiger partial charge in [0.05, 0.1) is 0 Å². The largest absolute Gasteiger partial charge is 0.505 e. The molecule has 1 fully saturated rings. The van der Waals surface area contributed by atoms with E-state index in [1.165, 1.54) is 18.7 Å². The van der Waals surface area contributed by atoms with Gasteiger partial charge >= 0.3 is 0 Å². The summed E-state index contributed by atoms with van der Waals surface area (Å²) >= 11 is 0. The van der Waals surface area contributed by atoms with Gasteiger partial charge in [-0.2, -0.15) is 0 Å². The lowest BCUT2D eigenvalue weighted by Crippen LogP contribution is -2.39. The Kier molecular flexibility index (Phi) is 4.15. The Hall–Kier alpha value is -1.62. The van der Waals surface area contributed by atoms with Crippen LogP contribution in [0.3, 0.4) is 0 Å². The molecule has 18 heavy (non-hydrogen) atoms. The summed E-state index contributed by atoms with van der Waals surface area (Å²) in [5.74, 6) is 0.107. The van der Waals surface area contributed by atoms with Crippen LogP contribution in [0.25, 0.3) is 0 Å². The second-order valence-corrected chi connectivity index (χ2v) is 4.85. The maximum absolute atomic E-state index is 11.8. The van der Waals surface area contributed by atoms with Gasteiger partial charge in [-0.1, -0.05) is 0 Å². The van der Waals surface area contributed by atoms with Crippen molar-refractivity contribution in [2.45, 2.75) is 12.8 Å². The molecule has 1 aromatic heterocycles. The zero-order valence-electron chi connectivity index (χ0n) is 10.6. The number of rotatable bonds is 3. The molecule has 5 nitrogen and oxygen atoms in total. The fourth-order valence-electron chi connectivity index (χ4n) is 2.33. The quantitative estimate of drug-likeness (QED) is 0.834. The van der Waals surface area contributed by atoms with Crippen molar-refractivity contribution in [1.29, 1.82) is 0 Å². The molecular formula is C13H19N3O2. The van der Waals surface area contributed by atoms with E-state index >= 15 is 0 Å². The van der Waals surface area contributed by atoms with Crippen molar-refractivity contribution in [3.63, 3.8) is 0 Å². The molecule has 1 amide bonds. The van der Waals surface area contributed by atoms with E-state index in [0.29, 0.717) is 12.5 Å². The highest BCUT2D eigenvalue weighted by Gasteiger charge is 2.19. The monoisotopic (exact) mass is 249 g/mol. The smallest absolute Gasteiger partial charge is 0.273 e. The van der Waals surface area contributed by atoms with Crippen molar-refractivity contribution < 1.29 is 9.90 Å². The van der Waals surface area contributed by atoms with E-state index in [4.69, 9.17) is 0 Å². The molecule has 98 valence electrons. The predicted octanol–water partition coefficient (Wildman–Crippen LogP) is 0.859. The molecule has 5 heteroatoms. The highest BCUT2D eigenvalue weighted by molar-refractivity contribution is 5.94. The number of carbonyl (C=O) groups excluding carboxylic acids is 1. The van der Waals surface area contributed by atoms with Crippen molar-refractivity contribution in [1.82, 2.24) is 15.2 Å². The van der Waals surface area contributed by atoms with Crippen LogP contribution in [0, 0.1) is 5.92 Å². The van der Waals surface area contributed by atoms with Crippen LogP contribution in [0.1, 0.15) is 23.3 Å². The number of nitrogens with one attached hydrogen (secondary N) is 1. The molecule has 2 N–H and O–H groups in total. The Labute approximate surface area is 107 Å². The first-order chi connectivity index (χ1) is 8.66. The average molecular weight is 249 g/mol. The van der Waals surface area contributed by atoms with E-state index in [0.717, 1.165) is 19.5 Å². The van der Waals surface area contributed by atoms with Crippen LogP contribution in [0.15, 0.2) is 18.3 Å². The fraction of sp³-hybridized carbons (Fsp3) is 0.538. The average Bonchev–Trinajstić information content (AvgIpc) is 2.37. The van der Waals surface area contributed by atoms with E-state index in [1.54, 1.807) is 6.07 Å². The van der Waals surface area contributed by atoms with Crippen LogP contribution in [0.5, 0.6) is 5.75 Å². The maximum atomic E-state index is 11.8. The fourth-order valence-corrected chi connectivity index (χ4v) is 2.33. The molecule has 1 aromatic rings. The van der Waals surface area contributed by atoms with Crippen molar-refractivity contribution in [3.05, 3.63) is 24.0 Å². The summed E-state index contributed by atoms with van der Waals surface area (Å²) < 4.78 is 0. The lowest BCUT2D eigenvalue weighted by Gasteiger charge is -2.29. The summed E-state index contributed by atoms with van der Waals surface area (Å²) in [6, 6.07) is 3.07. The zero-order chi connectivity index (χ0) is 13.0. The summed E-state index contributed by atoms with van der Waals surface area (Å²) in [6.07, 6.45) is 3.81. The van der Waals surface area contributed by atoms with E-state index in [-0.39, 0.29) is 17.4 Å². The third-order valence-electron chi connectivity index (χ3n) is 3.27. The number of aromatic nitrogens is 1. The summed E-state index contributed by atoms with van der Waals surface area (Å²) in [5, 5.41) is 12.4. The van der Waals surface area contributed by atoms with Gasteiger partial charge in [-0.3, -0.25) is 4.79 Å². The second kappa shape index (κ2) is 5.82. The first kappa shape index (κ1) is 12.8. The Morgan fingerprint density at radius 3 is 3.22 bits per heavy atom. The molecule has 0 saturated carbocycles. The number of aromatic hydroxyl groups is 1. The third kappa shape index (κ3) is 3.20. The molecule has 1 aliphatic heterocycles. The van der Waals surface area contributed by atoms with Gasteiger partial charge in [0.15, 0.2) is 5.69 Å². The highest BCUT2D eigenvalue weighted by atomic mass is 16.3. The highest BCUT2D eigenvalue weighted by Crippen LogP contribution is 2.15. The van der Waals surface area contributed by atoms with Crippen LogP contribution in [0.2, 0.25) is 0 Å². The van der Waals surface area contributed by atoms with E-state index in [2.05, 4.69) is 22.2 Å². The van der Waals surface area contributed by atoms with Gasteiger partial charge < -0.3 is 15.3 Å². The summed E-state index contributed by atoms with van der Waals surface area (Å²) in [5.41, 5.74) is 0.0988. The number of nitrogens with zero attached hydrogens (tertiary/aromatic N) is 2. The first-order valence-corrected chi connectivity index (χ1v) is 6.27. The predicted molar refractivity (Wildman–Crippen MR) is 68.5 cm³/mol. The van der Waals surface area contributed by atoms with Crippen LogP contribution in [-0.4, -0.2) is 47.6 Å². The number of likely N-dealkylation sites (tertiary alicyclic amines) is 1. The minimum absolute atomic E-state index is 0.0734. The van der Waals surface area contributed by atoms with Crippen LogP contribution in [0.4, 0.5) is 0 Å². The van der Waals surface area contributed by atoms with Gasteiger partial charge in [0.1, 0.15) is 5.75 Å². The normalized spacial score (nSPS) is 20.6. The maximum Gasteiger partial charge on any atom is 0.273 e. The molecule has 1 aliphatic rings. The summed E-state index contributed by atoms with van der Waals surface area (Å²) in [6.45, 7) is 2.78. The number of hydrogen-bond acceptors (Lipinski definition) is 4. The lowest BCUT2D eigenvalue weighted by atomic mass is 9.98. The Morgan fingerprint density at radius 2 is 2.50 bits per heavy atom. The van der Waals surface area contributed by atoms with Gasteiger partial charge in [-0.25, -0.2) is 4.98 Å². The van der Waals surface area contributed by atoms with E-state index in [1.807, 2.05) is 0 Å². The lowest BCUT2D eigenvalue weighted by molar-refractivity contribution is 0.0929. The number of carbonyl (C=O) groups is 1. The molecule has 0 bridgehead atoms. The molecule has 0 radical (unpaired) electrons. The zero-order valence-corrected chi connectivity index (χ0v) is 10.6. The van der Waals surface area contributed by atoms with Crippen molar-refractivity contribution in [2.24, 2.45) is 5.92 Å². The number of pyridine rings is 1. The Bertz CT molecular complexity index is 422. The Morgan fingerprint density at radius 1 is 1.67 bits per heavy atom.